The Balaban J connectivity index is 1.81. The second-order valence-corrected chi connectivity index (χ2v) is 8.23. The molecule has 2 aromatic carbocycles. The third kappa shape index (κ3) is 4.57. The van der Waals surface area contributed by atoms with Crippen molar-refractivity contribution in [1.29, 1.82) is 0 Å². The molecule has 10 heteroatoms. The van der Waals surface area contributed by atoms with Crippen LogP contribution >= 0.6 is 23.2 Å². The lowest BCUT2D eigenvalue weighted by atomic mass is 10.2. The van der Waals surface area contributed by atoms with Gasteiger partial charge in [-0.15, -0.1) is 0 Å². The largest absolute Gasteiger partial charge is 0.494 e. The summed E-state index contributed by atoms with van der Waals surface area (Å²) in [5, 5.41) is 4.40. The number of nitrogens with zero attached hydrogens (tertiary/aromatic N) is 2. The highest BCUT2D eigenvalue weighted by atomic mass is 35.5. The van der Waals surface area contributed by atoms with Crippen LogP contribution in [0.15, 0.2) is 53.6 Å². The summed E-state index contributed by atoms with van der Waals surface area (Å²) in [6.07, 6.45) is 1.39. The lowest BCUT2D eigenvalue weighted by Gasteiger charge is -2.08. The van der Waals surface area contributed by atoms with Crippen LogP contribution in [0.1, 0.15) is 12.5 Å². The topological polar surface area (TPSA) is 73.2 Å². The molecule has 28 heavy (non-hydrogen) atoms. The molecule has 0 aliphatic rings. The summed E-state index contributed by atoms with van der Waals surface area (Å²) >= 11 is 12.1. The number of benzene rings is 2. The minimum Gasteiger partial charge on any atom is -0.494 e. The van der Waals surface area contributed by atoms with Crippen molar-refractivity contribution in [2.45, 2.75) is 18.4 Å². The first-order valence-electron chi connectivity index (χ1n) is 8.21. The Morgan fingerprint density at radius 3 is 2.50 bits per heavy atom. The number of aromatic nitrogens is 2. The Hall–Kier alpha value is -2.29. The van der Waals surface area contributed by atoms with E-state index in [-0.39, 0.29) is 32.9 Å². The van der Waals surface area contributed by atoms with E-state index in [0.29, 0.717) is 12.4 Å². The van der Waals surface area contributed by atoms with Gasteiger partial charge in [0.2, 0.25) is 0 Å². The van der Waals surface area contributed by atoms with Crippen molar-refractivity contribution in [2.75, 3.05) is 11.3 Å². The van der Waals surface area contributed by atoms with Crippen LogP contribution < -0.4 is 9.46 Å². The molecule has 0 bridgehead atoms. The molecule has 3 aromatic rings. The summed E-state index contributed by atoms with van der Waals surface area (Å²) in [5.74, 6) is 0.00387. The number of nitrogens with one attached hydrogen (secondary N) is 1. The average Bonchev–Trinajstić information content (AvgIpc) is 2.98. The normalized spacial score (nSPS) is 11.4. The Morgan fingerprint density at radius 1 is 1.14 bits per heavy atom. The molecular weight excluding hydrogens is 428 g/mol. The van der Waals surface area contributed by atoms with E-state index in [2.05, 4.69) is 9.82 Å². The minimum absolute atomic E-state index is 0.00396. The molecule has 148 valence electrons. The number of hydrogen-bond acceptors (Lipinski definition) is 4. The van der Waals surface area contributed by atoms with Gasteiger partial charge in [0.15, 0.2) is 5.82 Å². The minimum atomic E-state index is -3.91. The summed E-state index contributed by atoms with van der Waals surface area (Å²) in [7, 11) is -3.91. The number of ether oxygens (including phenoxy) is 1. The SMILES string of the molecule is CCOc1ccc(S(=O)(=O)Nc2nn(Cc3c(F)cccc3Cl)cc2Cl)cc1. The molecule has 0 amide bonds. The fraction of sp³-hybridized carbons (Fsp3) is 0.167. The van der Waals surface area contributed by atoms with Gasteiger partial charge in [-0.05, 0) is 43.3 Å². The number of hydrogen-bond donors (Lipinski definition) is 1. The van der Waals surface area contributed by atoms with E-state index >= 15 is 0 Å². The lowest BCUT2D eigenvalue weighted by Crippen LogP contribution is -2.14. The molecule has 0 saturated heterocycles. The fourth-order valence-corrected chi connectivity index (χ4v) is 3.95. The van der Waals surface area contributed by atoms with Crippen LogP contribution in [0.25, 0.3) is 0 Å². The van der Waals surface area contributed by atoms with Crippen molar-refractivity contribution in [3.05, 3.63) is 70.1 Å². The molecule has 0 aliphatic carbocycles. The molecule has 0 aliphatic heterocycles. The van der Waals surface area contributed by atoms with Gasteiger partial charge in [-0.1, -0.05) is 29.3 Å². The van der Waals surface area contributed by atoms with Crippen LogP contribution in [-0.4, -0.2) is 24.8 Å². The quantitative estimate of drug-likeness (QED) is 0.579. The maximum Gasteiger partial charge on any atom is 0.263 e. The average molecular weight is 444 g/mol. The number of halogens is 3. The zero-order valence-corrected chi connectivity index (χ0v) is 17.0. The van der Waals surface area contributed by atoms with Crippen LogP contribution in [0.3, 0.4) is 0 Å². The van der Waals surface area contributed by atoms with Crippen LogP contribution in [0, 0.1) is 5.82 Å². The lowest BCUT2D eigenvalue weighted by molar-refractivity contribution is 0.340. The first-order valence-corrected chi connectivity index (χ1v) is 10.5. The third-order valence-electron chi connectivity index (χ3n) is 3.77. The molecule has 0 fully saturated rings. The van der Waals surface area contributed by atoms with Gasteiger partial charge in [-0.25, -0.2) is 12.8 Å². The van der Waals surface area contributed by atoms with Gasteiger partial charge >= 0.3 is 0 Å². The molecule has 6 nitrogen and oxygen atoms in total. The van der Waals surface area contributed by atoms with E-state index < -0.39 is 15.8 Å². The molecule has 0 radical (unpaired) electrons. The number of rotatable bonds is 7. The molecular formula is C18H16Cl2FN3O3S. The van der Waals surface area contributed by atoms with Crippen LogP contribution in [-0.2, 0) is 16.6 Å². The van der Waals surface area contributed by atoms with Gasteiger partial charge in [0.25, 0.3) is 10.0 Å². The molecule has 1 N–H and O–H groups in total. The van der Waals surface area contributed by atoms with Crippen molar-refractivity contribution in [3.63, 3.8) is 0 Å². The summed E-state index contributed by atoms with van der Waals surface area (Å²) in [4.78, 5) is 0.0266. The molecule has 0 unspecified atom stereocenters. The number of sulfonamides is 1. The van der Waals surface area contributed by atoms with Gasteiger partial charge in [0.1, 0.15) is 16.6 Å². The zero-order chi connectivity index (χ0) is 20.3. The summed E-state index contributed by atoms with van der Waals surface area (Å²) in [5.41, 5.74) is 0.226. The first kappa shape index (κ1) is 20.4. The fourth-order valence-electron chi connectivity index (χ4n) is 2.46. The zero-order valence-electron chi connectivity index (χ0n) is 14.7. The highest BCUT2D eigenvalue weighted by Gasteiger charge is 2.19. The Kier molecular flexibility index (Phi) is 6.12. The van der Waals surface area contributed by atoms with E-state index in [4.69, 9.17) is 27.9 Å². The van der Waals surface area contributed by atoms with E-state index in [9.17, 15) is 12.8 Å². The second-order valence-electron chi connectivity index (χ2n) is 5.73. The van der Waals surface area contributed by atoms with Gasteiger partial charge < -0.3 is 4.74 Å². The third-order valence-corrected chi connectivity index (χ3v) is 5.76. The highest BCUT2D eigenvalue weighted by molar-refractivity contribution is 7.92. The van der Waals surface area contributed by atoms with Gasteiger partial charge in [-0.3, -0.25) is 9.40 Å². The van der Waals surface area contributed by atoms with Gasteiger partial charge in [0, 0.05) is 16.8 Å². The monoisotopic (exact) mass is 443 g/mol. The first-order chi connectivity index (χ1) is 13.3. The molecule has 1 aromatic heterocycles. The van der Waals surface area contributed by atoms with E-state index in [1.807, 2.05) is 6.92 Å². The van der Waals surface area contributed by atoms with Crippen LogP contribution in [0.2, 0.25) is 10.0 Å². The molecule has 1 heterocycles. The number of anilines is 1. The van der Waals surface area contributed by atoms with Crippen molar-refractivity contribution >= 4 is 39.0 Å². The predicted molar refractivity (Wildman–Crippen MR) is 106 cm³/mol. The van der Waals surface area contributed by atoms with Crippen molar-refractivity contribution in [2.24, 2.45) is 0 Å². The van der Waals surface area contributed by atoms with Crippen molar-refractivity contribution < 1.29 is 17.5 Å². The van der Waals surface area contributed by atoms with E-state index in [1.165, 1.54) is 35.1 Å². The Morgan fingerprint density at radius 2 is 1.86 bits per heavy atom. The Bertz CT molecular complexity index is 1070. The van der Waals surface area contributed by atoms with Gasteiger partial charge in [-0.2, -0.15) is 5.10 Å². The van der Waals surface area contributed by atoms with Crippen molar-refractivity contribution in [1.82, 2.24) is 9.78 Å². The molecule has 0 spiro atoms. The maximum absolute atomic E-state index is 13.9. The highest BCUT2D eigenvalue weighted by Crippen LogP contribution is 2.26. The molecule has 0 saturated carbocycles. The van der Waals surface area contributed by atoms with Crippen molar-refractivity contribution in [3.8, 4) is 5.75 Å². The van der Waals surface area contributed by atoms with Crippen LogP contribution in [0.4, 0.5) is 10.2 Å². The molecule has 0 atom stereocenters. The van der Waals surface area contributed by atoms with E-state index in [1.54, 1.807) is 18.2 Å². The summed E-state index contributed by atoms with van der Waals surface area (Å²) in [6, 6.07) is 10.3. The smallest absolute Gasteiger partial charge is 0.263 e. The summed E-state index contributed by atoms with van der Waals surface area (Å²) < 4.78 is 48.0. The van der Waals surface area contributed by atoms with Gasteiger partial charge in [0.05, 0.1) is 18.0 Å². The van der Waals surface area contributed by atoms with Crippen LogP contribution in [0.5, 0.6) is 5.75 Å². The van der Waals surface area contributed by atoms with E-state index in [0.717, 1.165) is 0 Å². The molecule has 3 rings (SSSR count). The summed E-state index contributed by atoms with van der Waals surface area (Å²) in [6.45, 7) is 2.30. The second kappa shape index (κ2) is 8.38. The standard InChI is InChI=1S/C18H16Cl2FN3O3S/c1-2-27-12-6-8-13(9-7-12)28(25,26)23-18-16(20)11-24(22-18)10-14-15(19)4-3-5-17(14)21/h3-9,11H,2,10H2,1H3,(H,22,23). The maximum atomic E-state index is 13.9. The Labute approximate surface area is 171 Å². The predicted octanol–water partition coefficient (Wildman–Crippen LogP) is 4.58.